The molecule has 1 atom stereocenters. The number of para-hydroxylation sites is 1. The molecule has 0 unspecified atom stereocenters. The predicted octanol–water partition coefficient (Wildman–Crippen LogP) is 4.27. The van der Waals surface area contributed by atoms with Gasteiger partial charge in [-0.3, -0.25) is 4.79 Å². The third kappa shape index (κ3) is 3.94. The van der Waals surface area contributed by atoms with Gasteiger partial charge in [0.05, 0.1) is 30.0 Å². The molecule has 2 heterocycles. The van der Waals surface area contributed by atoms with Crippen molar-refractivity contribution in [1.29, 1.82) is 0 Å². The first-order chi connectivity index (χ1) is 15.0. The lowest BCUT2D eigenvalue weighted by Crippen LogP contribution is -2.31. The second kappa shape index (κ2) is 8.69. The number of halogens is 1. The molecule has 1 aliphatic heterocycles. The minimum atomic E-state index is -0.522. The Kier molecular flexibility index (Phi) is 5.81. The number of carbonyl (C=O) groups excluding carboxylic acids is 1. The second-order valence-corrected chi connectivity index (χ2v) is 7.28. The molecule has 9 heteroatoms. The summed E-state index contributed by atoms with van der Waals surface area (Å²) in [6.07, 6.45) is 1.45. The van der Waals surface area contributed by atoms with Crippen LogP contribution in [-0.2, 0) is 4.79 Å². The molecule has 3 aromatic rings. The number of fused-ring (bicyclic) bond motifs is 1. The first kappa shape index (κ1) is 20.7. The van der Waals surface area contributed by atoms with E-state index in [9.17, 15) is 4.79 Å². The monoisotopic (exact) mass is 439 g/mol. The van der Waals surface area contributed by atoms with Gasteiger partial charge in [-0.1, -0.05) is 29.8 Å². The van der Waals surface area contributed by atoms with Gasteiger partial charge in [0.25, 0.3) is 5.91 Å². The lowest BCUT2D eigenvalue weighted by Gasteiger charge is -2.29. The molecular weight excluding hydrogens is 418 g/mol. The summed E-state index contributed by atoms with van der Waals surface area (Å²) in [5, 5.41) is 10.9. The molecule has 0 saturated heterocycles. The zero-order valence-corrected chi connectivity index (χ0v) is 18.1. The lowest BCUT2D eigenvalue weighted by atomic mass is 9.94. The maximum atomic E-state index is 13.4. The van der Waals surface area contributed by atoms with Gasteiger partial charge in [-0.15, -0.1) is 0 Å². The minimum Gasteiger partial charge on any atom is -0.493 e. The van der Waals surface area contributed by atoms with Crippen molar-refractivity contribution in [2.24, 2.45) is 0 Å². The van der Waals surface area contributed by atoms with E-state index >= 15 is 0 Å². The van der Waals surface area contributed by atoms with Crippen molar-refractivity contribution in [2.45, 2.75) is 19.9 Å². The number of benzene rings is 2. The van der Waals surface area contributed by atoms with E-state index in [4.69, 9.17) is 21.1 Å². The van der Waals surface area contributed by atoms with E-state index in [0.717, 1.165) is 5.56 Å². The van der Waals surface area contributed by atoms with Crippen LogP contribution in [0.3, 0.4) is 0 Å². The highest BCUT2D eigenvalue weighted by Crippen LogP contribution is 2.39. The normalized spacial score (nSPS) is 15.2. The third-order valence-corrected chi connectivity index (χ3v) is 5.29. The number of anilines is 2. The average molecular weight is 440 g/mol. The smallest absolute Gasteiger partial charge is 0.255 e. The minimum absolute atomic E-state index is 0.294. The highest BCUT2D eigenvalue weighted by molar-refractivity contribution is 6.33. The fourth-order valence-corrected chi connectivity index (χ4v) is 3.76. The van der Waals surface area contributed by atoms with Crippen LogP contribution < -0.4 is 20.1 Å². The fourth-order valence-electron chi connectivity index (χ4n) is 3.57. The summed E-state index contributed by atoms with van der Waals surface area (Å²) < 4.78 is 12.8. The molecule has 1 amide bonds. The lowest BCUT2D eigenvalue weighted by molar-refractivity contribution is -0.113. The quantitative estimate of drug-likeness (QED) is 0.596. The Morgan fingerprint density at radius 3 is 2.81 bits per heavy atom. The van der Waals surface area contributed by atoms with Crippen LogP contribution in [0.4, 0.5) is 11.6 Å². The summed E-state index contributed by atoms with van der Waals surface area (Å²) in [6, 6.07) is 12.1. The van der Waals surface area contributed by atoms with E-state index < -0.39 is 6.04 Å². The standard InChI is InChI=1S/C22H22ClN5O3/c1-4-31-17-10-9-14(11-18(17)30-3)20-19(13(2)26-22-24-12-25-28(20)22)21(29)27-16-8-6-5-7-15(16)23/h5-12,20H,4H2,1-3H3,(H,27,29)(H,24,25,26)/t20-/m1/s1. The number of ether oxygens (including phenoxy) is 2. The SMILES string of the molecule is CCOc1ccc([C@@H]2C(C(=O)Nc3ccccc3Cl)=C(C)Nc3ncnn32)cc1OC. The Hall–Kier alpha value is -3.52. The number of hydrogen-bond donors (Lipinski definition) is 2. The molecule has 0 bridgehead atoms. The van der Waals surface area contributed by atoms with E-state index in [2.05, 4.69) is 20.7 Å². The molecule has 1 aromatic heterocycles. The number of hydrogen-bond acceptors (Lipinski definition) is 6. The van der Waals surface area contributed by atoms with Gasteiger partial charge in [0.2, 0.25) is 5.95 Å². The Balaban J connectivity index is 1.78. The molecule has 0 spiro atoms. The topological polar surface area (TPSA) is 90.3 Å². The number of carbonyl (C=O) groups is 1. The summed E-state index contributed by atoms with van der Waals surface area (Å²) in [6.45, 7) is 4.25. The van der Waals surface area contributed by atoms with Crippen LogP contribution in [0.1, 0.15) is 25.5 Å². The number of amides is 1. The molecule has 2 N–H and O–H groups in total. The molecule has 1 aliphatic rings. The molecule has 160 valence electrons. The first-order valence-corrected chi connectivity index (χ1v) is 10.1. The summed E-state index contributed by atoms with van der Waals surface area (Å²) in [7, 11) is 1.58. The van der Waals surface area contributed by atoms with Crippen LogP contribution >= 0.6 is 11.6 Å². The van der Waals surface area contributed by atoms with Crippen molar-refractivity contribution in [3.63, 3.8) is 0 Å². The summed E-state index contributed by atoms with van der Waals surface area (Å²) in [5.41, 5.74) is 2.49. The Morgan fingerprint density at radius 1 is 1.26 bits per heavy atom. The van der Waals surface area contributed by atoms with Crippen LogP contribution in [-0.4, -0.2) is 34.4 Å². The highest BCUT2D eigenvalue weighted by Gasteiger charge is 2.34. The van der Waals surface area contributed by atoms with Gasteiger partial charge in [0.1, 0.15) is 12.4 Å². The van der Waals surface area contributed by atoms with Crippen molar-refractivity contribution in [1.82, 2.24) is 14.8 Å². The third-order valence-electron chi connectivity index (χ3n) is 4.96. The molecule has 0 saturated carbocycles. The van der Waals surface area contributed by atoms with Gasteiger partial charge in [0, 0.05) is 5.70 Å². The number of allylic oxidation sites excluding steroid dienone is 1. The Bertz CT molecular complexity index is 1160. The largest absolute Gasteiger partial charge is 0.493 e. The van der Waals surface area contributed by atoms with E-state index in [0.29, 0.717) is 46.0 Å². The molecular formula is C22H22ClN5O3. The van der Waals surface area contributed by atoms with Crippen molar-refractivity contribution in [3.05, 3.63) is 70.6 Å². The van der Waals surface area contributed by atoms with E-state index in [1.807, 2.05) is 38.1 Å². The maximum Gasteiger partial charge on any atom is 0.255 e. The first-order valence-electron chi connectivity index (χ1n) is 9.77. The van der Waals surface area contributed by atoms with Crippen molar-refractivity contribution < 1.29 is 14.3 Å². The fraction of sp³-hybridized carbons (Fsp3) is 0.227. The Labute approximate surface area is 184 Å². The number of aromatic nitrogens is 3. The number of nitrogens with one attached hydrogen (secondary N) is 2. The van der Waals surface area contributed by atoms with Gasteiger partial charge in [-0.25, -0.2) is 4.68 Å². The van der Waals surface area contributed by atoms with Crippen LogP contribution in [0, 0.1) is 0 Å². The van der Waals surface area contributed by atoms with Crippen LogP contribution in [0.15, 0.2) is 60.1 Å². The molecule has 8 nitrogen and oxygen atoms in total. The zero-order chi connectivity index (χ0) is 22.0. The van der Waals surface area contributed by atoms with Crippen molar-refractivity contribution >= 4 is 29.1 Å². The number of nitrogens with zero attached hydrogens (tertiary/aromatic N) is 3. The predicted molar refractivity (Wildman–Crippen MR) is 119 cm³/mol. The van der Waals surface area contributed by atoms with E-state index in [1.165, 1.54) is 6.33 Å². The number of methoxy groups -OCH3 is 1. The maximum absolute atomic E-state index is 13.4. The molecule has 31 heavy (non-hydrogen) atoms. The van der Waals surface area contributed by atoms with Gasteiger partial charge >= 0.3 is 0 Å². The molecule has 0 fully saturated rings. The zero-order valence-electron chi connectivity index (χ0n) is 17.3. The van der Waals surface area contributed by atoms with E-state index in [-0.39, 0.29) is 5.91 Å². The van der Waals surface area contributed by atoms with Crippen molar-refractivity contribution in [3.8, 4) is 11.5 Å². The highest BCUT2D eigenvalue weighted by atomic mass is 35.5. The Morgan fingerprint density at radius 2 is 2.06 bits per heavy atom. The molecule has 4 rings (SSSR count). The van der Waals surface area contributed by atoms with Crippen LogP contribution in [0.2, 0.25) is 5.02 Å². The average Bonchev–Trinajstić information content (AvgIpc) is 3.23. The van der Waals surface area contributed by atoms with Crippen LogP contribution in [0.25, 0.3) is 0 Å². The molecule has 0 aliphatic carbocycles. The number of rotatable bonds is 6. The summed E-state index contributed by atoms with van der Waals surface area (Å²) in [5.74, 6) is 1.45. The summed E-state index contributed by atoms with van der Waals surface area (Å²) in [4.78, 5) is 17.6. The van der Waals surface area contributed by atoms with Gasteiger partial charge in [0.15, 0.2) is 11.5 Å². The molecule has 2 aromatic carbocycles. The van der Waals surface area contributed by atoms with Gasteiger partial charge < -0.3 is 20.1 Å². The van der Waals surface area contributed by atoms with Crippen molar-refractivity contribution in [2.75, 3.05) is 24.4 Å². The van der Waals surface area contributed by atoms with E-state index in [1.54, 1.807) is 30.0 Å². The van der Waals surface area contributed by atoms with Crippen LogP contribution in [0.5, 0.6) is 11.5 Å². The van der Waals surface area contributed by atoms with Gasteiger partial charge in [-0.2, -0.15) is 10.1 Å². The molecule has 0 radical (unpaired) electrons. The second-order valence-electron chi connectivity index (χ2n) is 6.87. The summed E-state index contributed by atoms with van der Waals surface area (Å²) >= 11 is 6.24. The van der Waals surface area contributed by atoms with Gasteiger partial charge in [-0.05, 0) is 43.7 Å².